The van der Waals surface area contributed by atoms with Gasteiger partial charge in [-0.2, -0.15) is 0 Å². The first-order valence-electron chi connectivity index (χ1n) is 6.74. The Bertz CT molecular complexity index is 518. The molecule has 0 heterocycles. The minimum Gasteiger partial charge on any atom is -0.493 e. The second kappa shape index (κ2) is 8.11. The first-order chi connectivity index (χ1) is 10.4. The van der Waals surface area contributed by atoms with Crippen molar-refractivity contribution < 1.29 is 28.9 Å². The smallest absolute Gasteiger partial charge is 0.325 e. The molecule has 0 spiro atoms. The van der Waals surface area contributed by atoms with Crippen molar-refractivity contribution in [3.8, 4) is 17.2 Å². The summed E-state index contributed by atoms with van der Waals surface area (Å²) in [5.41, 5.74) is 0.827. The number of ether oxygens (including phenoxy) is 3. The van der Waals surface area contributed by atoms with Gasteiger partial charge in [-0.3, -0.25) is 9.59 Å². The lowest BCUT2D eigenvalue weighted by Crippen LogP contribution is -2.38. The van der Waals surface area contributed by atoms with Crippen LogP contribution in [0.3, 0.4) is 0 Å². The Balaban J connectivity index is 2.78. The van der Waals surface area contributed by atoms with Crippen LogP contribution in [0.5, 0.6) is 17.2 Å². The summed E-state index contributed by atoms with van der Waals surface area (Å²) in [7, 11) is 4.55. The summed E-state index contributed by atoms with van der Waals surface area (Å²) in [5, 5.41) is 11.2. The van der Waals surface area contributed by atoms with Gasteiger partial charge in [0.15, 0.2) is 11.5 Å². The number of hydrogen-bond donors (Lipinski definition) is 2. The van der Waals surface area contributed by atoms with Crippen molar-refractivity contribution in [3.63, 3.8) is 0 Å². The lowest BCUT2D eigenvalue weighted by Gasteiger charge is -2.14. The van der Waals surface area contributed by atoms with Crippen LogP contribution in [0, 0.1) is 0 Å². The standard InChI is InChI=1S/C15H21NO6/c1-9(15(18)19)16-13(17)6-5-10-7-11(20-2)14(22-4)12(8-10)21-3/h7-9H,5-6H2,1-4H3,(H,16,17)(H,18,19)/t9-/m0/s1. The van der Waals surface area contributed by atoms with E-state index in [0.29, 0.717) is 23.7 Å². The fourth-order valence-electron chi connectivity index (χ4n) is 1.91. The van der Waals surface area contributed by atoms with Crippen molar-refractivity contribution >= 4 is 11.9 Å². The zero-order chi connectivity index (χ0) is 16.7. The van der Waals surface area contributed by atoms with Gasteiger partial charge in [0.25, 0.3) is 0 Å². The number of nitrogens with one attached hydrogen (secondary N) is 1. The van der Waals surface area contributed by atoms with E-state index in [9.17, 15) is 9.59 Å². The first-order valence-corrected chi connectivity index (χ1v) is 6.74. The predicted octanol–water partition coefficient (Wildman–Crippen LogP) is 1.23. The van der Waals surface area contributed by atoms with E-state index in [2.05, 4.69) is 5.32 Å². The fraction of sp³-hybridized carbons (Fsp3) is 0.467. The molecule has 1 amide bonds. The molecule has 122 valence electrons. The largest absolute Gasteiger partial charge is 0.493 e. The summed E-state index contributed by atoms with van der Waals surface area (Å²) in [4.78, 5) is 22.4. The molecule has 0 saturated heterocycles. The molecule has 0 fully saturated rings. The Labute approximate surface area is 129 Å². The lowest BCUT2D eigenvalue weighted by atomic mass is 10.1. The molecule has 7 nitrogen and oxygen atoms in total. The topological polar surface area (TPSA) is 94.1 Å². The quantitative estimate of drug-likeness (QED) is 0.750. The molecule has 0 aromatic heterocycles. The van der Waals surface area contributed by atoms with Crippen LogP contribution in [0.4, 0.5) is 0 Å². The van der Waals surface area contributed by atoms with Gasteiger partial charge in [-0.25, -0.2) is 0 Å². The van der Waals surface area contributed by atoms with Crippen LogP contribution in [0.15, 0.2) is 12.1 Å². The highest BCUT2D eigenvalue weighted by Gasteiger charge is 2.16. The zero-order valence-electron chi connectivity index (χ0n) is 13.1. The molecule has 0 unspecified atom stereocenters. The number of amides is 1. The molecular weight excluding hydrogens is 290 g/mol. The molecule has 0 radical (unpaired) electrons. The molecule has 1 aromatic rings. The molecule has 0 aliphatic carbocycles. The Kier molecular flexibility index (Phi) is 6.49. The van der Waals surface area contributed by atoms with Gasteiger partial charge in [-0.05, 0) is 31.0 Å². The van der Waals surface area contributed by atoms with E-state index in [-0.39, 0.29) is 12.3 Å². The highest BCUT2D eigenvalue weighted by atomic mass is 16.5. The minimum absolute atomic E-state index is 0.163. The Morgan fingerprint density at radius 3 is 2.09 bits per heavy atom. The van der Waals surface area contributed by atoms with Gasteiger partial charge in [0.05, 0.1) is 21.3 Å². The van der Waals surface area contributed by atoms with Crippen LogP contribution in [-0.2, 0) is 16.0 Å². The number of carbonyl (C=O) groups excluding carboxylic acids is 1. The van der Waals surface area contributed by atoms with Crippen LogP contribution in [0.1, 0.15) is 18.9 Å². The molecule has 2 N–H and O–H groups in total. The van der Waals surface area contributed by atoms with Crippen molar-refractivity contribution in [1.82, 2.24) is 5.32 Å². The molecule has 0 aliphatic heterocycles. The predicted molar refractivity (Wildman–Crippen MR) is 79.7 cm³/mol. The van der Waals surface area contributed by atoms with Crippen molar-refractivity contribution in [2.45, 2.75) is 25.8 Å². The summed E-state index contributed by atoms with van der Waals surface area (Å²) >= 11 is 0. The van der Waals surface area contributed by atoms with Crippen LogP contribution >= 0.6 is 0 Å². The number of aryl methyl sites for hydroxylation is 1. The van der Waals surface area contributed by atoms with E-state index in [4.69, 9.17) is 19.3 Å². The minimum atomic E-state index is -1.07. The number of methoxy groups -OCH3 is 3. The maximum absolute atomic E-state index is 11.7. The average molecular weight is 311 g/mol. The van der Waals surface area contributed by atoms with E-state index in [1.165, 1.54) is 28.3 Å². The number of aliphatic carboxylic acids is 1. The first kappa shape index (κ1) is 17.6. The number of rotatable bonds is 8. The molecule has 1 atom stereocenters. The molecular formula is C15H21NO6. The van der Waals surface area contributed by atoms with Gasteiger partial charge in [0, 0.05) is 6.42 Å². The van der Waals surface area contributed by atoms with E-state index in [1.807, 2.05) is 0 Å². The van der Waals surface area contributed by atoms with Crippen molar-refractivity contribution in [1.29, 1.82) is 0 Å². The summed E-state index contributed by atoms with van der Waals surface area (Å²) in [6.45, 7) is 1.42. The van der Waals surface area contributed by atoms with Crippen molar-refractivity contribution in [2.75, 3.05) is 21.3 Å². The summed E-state index contributed by atoms with van der Waals surface area (Å²) in [5.74, 6) is 0.106. The zero-order valence-corrected chi connectivity index (χ0v) is 13.1. The van der Waals surface area contributed by atoms with Gasteiger partial charge in [-0.1, -0.05) is 0 Å². The van der Waals surface area contributed by atoms with Crippen LogP contribution < -0.4 is 19.5 Å². The second-order valence-electron chi connectivity index (χ2n) is 4.66. The van der Waals surface area contributed by atoms with Gasteiger partial charge >= 0.3 is 5.97 Å². The Hall–Kier alpha value is -2.44. The monoisotopic (exact) mass is 311 g/mol. The molecule has 1 rings (SSSR count). The fourth-order valence-corrected chi connectivity index (χ4v) is 1.91. The van der Waals surface area contributed by atoms with E-state index in [1.54, 1.807) is 12.1 Å². The van der Waals surface area contributed by atoms with Gasteiger partial charge < -0.3 is 24.6 Å². The van der Waals surface area contributed by atoms with E-state index in [0.717, 1.165) is 5.56 Å². The van der Waals surface area contributed by atoms with Gasteiger partial charge in [0.1, 0.15) is 6.04 Å². The maximum Gasteiger partial charge on any atom is 0.325 e. The molecule has 0 saturated carbocycles. The average Bonchev–Trinajstić information content (AvgIpc) is 2.51. The molecule has 0 bridgehead atoms. The maximum atomic E-state index is 11.7. The molecule has 1 aromatic carbocycles. The third-order valence-electron chi connectivity index (χ3n) is 3.11. The van der Waals surface area contributed by atoms with Crippen LogP contribution in [0.2, 0.25) is 0 Å². The van der Waals surface area contributed by atoms with Crippen molar-refractivity contribution in [3.05, 3.63) is 17.7 Å². The number of carbonyl (C=O) groups is 2. The van der Waals surface area contributed by atoms with Gasteiger partial charge in [-0.15, -0.1) is 0 Å². The van der Waals surface area contributed by atoms with Crippen LogP contribution in [-0.4, -0.2) is 44.4 Å². The molecule has 22 heavy (non-hydrogen) atoms. The Morgan fingerprint density at radius 2 is 1.68 bits per heavy atom. The summed E-state index contributed by atoms with van der Waals surface area (Å²) in [6, 6.07) is 2.61. The third kappa shape index (κ3) is 4.54. The van der Waals surface area contributed by atoms with E-state index >= 15 is 0 Å². The second-order valence-corrected chi connectivity index (χ2v) is 4.66. The van der Waals surface area contributed by atoms with Crippen LogP contribution in [0.25, 0.3) is 0 Å². The molecule has 7 heteroatoms. The SMILES string of the molecule is COc1cc(CCC(=O)N[C@@H](C)C(=O)O)cc(OC)c1OC. The number of benzene rings is 1. The van der Waals surface area contributed by atoms with Crippen molar-refractivity contribution in [2.24, 2.45) is 0 Å². The summed E-state index contributed by atoms with van der Waals surface area (Å²) < 4.78 is 15.7. The van der Waals surface area contributed by atoms with Gasteiger partial charge in [0.2, 0.25) is 11.7 Å². The third-order valence-corrected chi connectivity index (χ3v) is 3.11. The number of hydrogen-bond acceptors (Lipinski definition) is 5. The molecule has 0 aliphatic rings. The Morgan fingerprint density at radius 1 is 1.14 bits per heavy atom. The number of carboxylic acid groups (broad SMARTS) is 1. The van der Waals surface area contributed by atoms with E-state index < -0.39 is 12.0 Å². The lowest BCUT2D eigenvalue weighted by molar-refractivity contribution is -0.141. The highest BCUT2D eigenvalue weighted by molar-refractivity contribution is 5.83. The summed E-state index contributed by atoms with van der Waals surface area (Å²) in [6.07, 6.45) is 0.588. The highest BCUT2D eigenvalue weighted by Crippen LogP contribution is 2.38. The number of carboxylic acids is 1. The normalized spacial score (nSPS) is 11.5.